The molecule has 0 heterocycles. The maximum absolute atomic E-state index is 12.1. The molecule has 1 aliphatic carbocycles. The molecule has 3 N–H and O–H groups in total. The fourth-order valence-corrected chi connectivity index (χ4v) is 2.97. The lowest BCUT2D eigenvalue weighted by Crippen LogP contribution is -2.36. The van der Waals surface area contributed by atoms with Crippen molar-refractivity contribution in [1.82, 2.24) is 5.32 Å². The Balaban J connectivity index is 1.54. The molecule has 0 saturated carbocycles. The van der Waals surface area contributed by atoms with Gasteiger partial charge in [-0.1, -0.05) is 54.6 Å². The minimum absolute atomic E-state index is 0.0316. The molecule has 2 aromatic rings. The van der Waals surface area contributed by atoms with Gasteiger partial charge in [0, 0.05) is 18.5 Å². The molecule has 3 rings (SSSR count). The van der Waals surface area contributed by atoms with Gasteiger partial charge in [-0.15, -0.1) is 0 Å². The van der Waals surface area contributed by atoms with Crippen molar-refractivity contribution in [2.24, 2.45) is 5.73 Å². The Kier molecular flexibility index (Phi) is 4.02. The number of amides is 1. The summed E-state index contributed by atoms with van der Waals surface area (Å²) >= 11 is 0. The van der Waals surface area contributed by atoms with Crippen LogP contribution in [-0.2, 0) is 17.6 Å². The van der Waals surface area contributed by atoms with Crippen LogP contribution in [0, 0.1) is 0 Å². The summed E-state index contributed by atoms with van der Waals surface area (Å²) in [6, 6.07) is 18.1. The van der Waals surface area contributed by atoms with Crippen molar-refractivity contribution in [2.45, 2.75) is 31.3 Å². The summed E-state index contributed by atoms with van der Waals surface area (Å²) in [7, 11) is 0. The van der Waals surface area contributed by atoms with Crippen molar-refractivity contribution < 1.29 is 4.79 Å². The Morgan fingerprint density at radius 1 is 1.05 bits per heavy atom. The summed E-state index contributed by atoms with van der Waals surface area (Å²) in [5.74, 6) is 0.0316. The van der Waals surface area contributed by atoms with Crippen LogP contribution in [-0.4, -0.2) is 11.9 Å². The third-order valence-electron chi connectivity index (χ3n) is 4.05. The summed E-state index contributed by atoms with van der Waals surface area (Å²) in [6.45, 7) is 0. The van der Waals surface area contributed by atoms with Gasteiger partial charge in [-0.3, -0.25) is 4.79 Å². The molecule has 0 spiro atoms. The molecule has 1 unspecified atom stereocenters. The lowest BCUT2D eigenvalue weighted by atomic mass is 10.0. The van der Waals surface area contributed by atoms with Gasteiger partial charge in [0.1, 0.15) is 0 Å². The molecule has 3 heteroatoms. The fourth-order valence-electron chi connectivity index (χ4n) is 2.97. The van der Waals surface area contributed by atoms with Crippen LogP contribution in [0.5, 0.6) is 0 Å². The Bertz CT molecular complexity index is 599. The second kappa shape index (κ2) is 6.10. The number of fused-ring (bicyclic) bond motifs is 1. The molecule has 1 aliphatic rings. The van der Waals surface area contributed by atoms with Crippen molar-refractivity contribution in [3.63, 3.8) is 0 Å². The lowest BCUT2D eigenvalue weighted by molar-refractivity contribution is -0.122. The van der Waals surface area contributed by atoms with Gasteiger partial charge >= 0.3 is 0 Å². The summed E-state index contributed by atoms with van der Waals surface area (Å²) in [4.78, 5) is 12.1. The van der Waals surface area contributed by atoms with E-state index in [1.807, 2.05) is 42.5 Å². The molecule has 3 nitrogen and oxygen atoms in total. The normalized spacial score (nSPS) is 15.5. The van der Waals surface area contributed by atoms with Gasteiger partial charge in [0.05, 0.1) is 0 Å². The first kappa shape index (κ1) is 13.8. The van der Waals surface area contributed by atoms with Crippen molar-refractivity contribution in [3.8, 4) is 0 Å². The zero-order valence-electron chi connectivity index (χ0n) is 12.0. The van der Waals surface area contributed by atoms with E-state index < -0.39 is 0 Å². The van der Waals surface area contributed by atoms with Crippen molar-refractivity contribution in [2.75, 3.05) is 0 Å². The molecule has 0 bridgehead atoms. The highest BCUT2D eigenvalue weighted by atomic mass is 16.1. The molecular weight excluding hydrogens is 260 g/mol. The van der Waals surface area contributed by atoms with Crippen LogP contribution in [0.1, 0.15) is 29.2 Å². The first-order chi connectivity index (χ1) is 10.2. The van der Waals surface area contributed by atoms with Crippen molar-refractivity contribution in [3.05, 3.63) is 71.3 Å². The zero-order chi connectivity index (χ0) is 14.7. The SMILES string of the molecule is NC(CC(=O)NC1Cc2ccccc2C1)c1ccccc1. The van der Waals surface area contributed by atoms with E-state index in [0.717, 1.165) is 18.4 Å². The summed E-state index contributed by atoms with van der Waals surface area (Å²) in [6.07, 6.45) is 2.17. The third kappa shape index (κ3) is 3.31. The number of rotatable bonds is 4. The number of nitrogens with two attached hydrogens (primary N) is 1. The number of hydrogen-bond acceptors (Lipinski definition) is 2. The quantitative estimate of drug-likeness (QED) is 0.903. The Labute approximate surface area is 125 Å². The number of carbonyl (C=O) groups excluding carboxylic acids is 1. The van der Waals surface area contributed by atoms with Crippen LogP contribution in [0.25, 0.3) is 0 Å². The molecular formula is C18H20N2O. The van der Waals surface area contributed by atoms with Crippen LogP contribution < -0.4 is 11.1 Å². The minimum atomic E-state index is -0.241. The second-order valence-corrected chi connectivity index (χ2v) is 5.66. The van der Waals surface area contributed by atoms with Crippen LogP contribution in [0.4, 0.5) is 0 Å². The van der Waals surface area contributed by atoms with Crippen molar-refractivity contribution in [1.29, 1.82) is 0 Å². The zero-order valence-corrected chi connectivity index (χ0v) is 12.0. The molecule has 108 valence electrons. The summed E-state index contributed by atoms with van der Waals surface area (Å²) < 4.78 is 0. The van der Waals surface area contributed by atoms with Gasteiger partial charge in [0.2, 0.25) is 5.91 Å². The predicted octanol–water partition coefficient (Wildman–Crippen LogP) is 2.36. The average Bonchev–Trinajstić information content (AvgIpc) is 2.90. The maximum Gasteiger partial charge on any atom is 0.222 e. The monoisotopic (exact) mass is 280 g/mol. The molecule has 0 radical (unpaired) electrons. The largest absolute Gasteiger partial charge is 0.353 e. The number of carbonyl (C=O) groups is 1. The first-order valence-corrected chi connectivity index (χ1v) is 7.39. The molecule has 2 aromatic carbocycles. The highest BCUT2D eigenvalue weighted by molar-refractivity contribution is 5.77. The smallest absolute Gasteiger partial charge is 0.222 e. The number of nitrogens with one attached hydrogen (secondary N) is 1. The van der Waals surface area contributed by atoms with E-state index in [4.69, 9.17) is 5.73 Å². The van der Waals surface area contributed by atoms with Crippen LogP contribution in [0.3, 0.4) is 0 Å². The Hall–Kier alpha value is -2.13. The van der Waals surface area contributed by atoms with Gasteiger partial charge in [-0.25, -0.2) is 0 Å². The molecule has 0 aliphatic heterocycles. The van der Waals surface area contributed by atoms with E-state index >= 15 is 0 Å². The predicted molar refractivity (Wildman–Crippen MR) is 83.8 cm³/mol. The van der Waals surface area contributed by atoms with E-state index in [0.29, 0.717) is 6.42 Å². The van der Waals surface area contributed by atoms with Gasteiger partial charge in [0.25, 0.3) is 0 Å². The molecule has 1 amide bonds. The standard InChI is InChI=1S/C18H20N2O/c19-17(13-6-2-1-3-7-13)12-18(21)20-16-10-14-8-4-5-9-15(14)11-16/h1-9,16-17H,10-12,19H2,(H,20,21). The molecule has 0 aromatic heterocycles. The van der Waals surface area contributed by atoms with E-state index in [2.05, 4.69) is 17.4 Å². The average molecular weight is 280 g/mol. The maximum atomic E-state index is 12.1. The van der Waals surface area contributed by atoms with E-state index in [-0.39, 0.29) is 18.0 Å². The highest BCUT2D eigenvalue weighted by Gasteiger charge is 2.23. The summed E-state index contributed by atoms with van der Waals surface area (Å²) in [5, 5.41) is 3.11. The fraction of sp³-hybridized carbons (Fsp3) is 0.278. The van der Waals surface area contributed by atoms with Gasteiger partial charge in [-0.05, 0) is 29.5 Å². The topological polar surface area (TPSA) is 55.1 Å². The first-order valence-electron chi connectivity index (χ1n) is 7.39. The highest BCUT2D eigenvalue weighted by Crippen LogP contribution is 2.22. The van der Waals surface area contributed by atoms with Crippen LogP contribution in [0.15, 0.2) is 54.6 Å². The van der Waals surface area contributed by atoms with Crippen LogP contribution >= 0.6 is 0 Å². The van der Waals surface area contributed by atoms with Gasteiger partial charge < -0.3 is 11.1 Å². The summed E-state index contributed by atoms with van der Waals surface area (Å²) in [5.41, 5.74) is 9.78. The van der Waals surface area contributed by atoms with Crippen molar-refractivity contribution >= 4 is 5.91 Å². The van der Waals surface area contributed by atoms with Gasteiger partial charge in [0.15, 0.2) is 0 Å². The molecule has 0 saturated heterocycles. The van der Waals surface area contributed by atoms with Crippen LogP contribution in [0.2, 0.25) is 0 Å². The van der Waals surface area contributed by atoms with Gasteiger partial charge in [-0.2, -0.15) is 0 Å². The molecule has 21 heavy (non-hydrogen) atoms. The molecule has 1 atom stereocenters. The lowest BCUT2D eigenvalue weighted by Gasteiger charge is -2.15. The minimum Gasteiger partial charge on any atom is -0.353 e. The Morgan fingerprint density at radius 2 is 1.62 bits per heavy atom. The molecule has 0 fully saturated rings. The second-order valence-electron chi connectivity index (χ2n) is 5.66. The number of benzene rings is 2. The van der Waals surface area contributed by atoms with E-state index in [1.165, 1.54) is 11.1 Å². The number of hydrogen-bond donors (Lipinski definition) is 2. The van der Waals surface area contributed by atoms with E-state index in [1.54, 1.807) is 0 Å². The van der Waals surface area contributed by atoms with E-state index in [9.17, 15) is 4.79 Å². The Morgan fingerprint density at radius 3 is 2.24 bits per heavy atom. The third-order valence-corrected chi connectivity index (χ3v) is 4.05.